The molecule has 0 unspecified atom stereocenters. The molecular formula is C5H7ClFNO2. The highest BCUT2D eigenvalue weighted by Crippen LogP contribution is 2.09. The average Bonchev–Trinajstić information content (AvgIpc) is 1.60. The zero-order chi connectivity index (χ0) is 6.85. The molecule has 0 amide bonds. The quantitative estimate of drug-likeness (QED) is 0.553. The molecule has 58 valence electrons. The fraction of sp³-hybridized carbons (Fsp3) is 0.400. The Balaban J connectivity index is 0.000000810. The molecule has 0 atom stereocenters. The molecule has 2 N–H and O–H groups in total. The predicted octanol–water partition coefficient (Wildman–Crippen LogP) is 0.320. The molecule has 0 aromatic rings. The molecule has 1 fully saturated rings. The number of nitrogens with one attached hydrogen (secondary N) is 1. The Kier molecular flexibility index (Phi) is 3.32. The summed E-state index contributed by atoms with van der Waals surface area (Å²) in [5, 5.41) is 10.8. The van der Waals surface area contributed by atoms with Gasteiger partial charge in [0.05, 0.1) is 0 Å². The molecule has 1 saturated heterocycles. The zero-order valence-corrected chi connectivity index (χ0v) is 5.87. The third-order valence-electron chi connectivity index (χ3n) is 1.17. The van der Waals surface area contributed by atoms with E-state index in [0.717, 1.165) is 0 Å². The van der Waals surface area contributed by atoms with Crippen LogP contribution in [0.15, 0.2) is 11.4 Å². The van der Waals surface area contributed by atoms with Gasteiger partial charge in [0.25, 0.3) is 0 Å². The molecule has 1 rings (SSSR count). The van der Waals surface area contributed by atoms with Gasteiger partial charge in [0.2, 0.25) is 5.83 Å². The van der Waals surface area contributed by atoms with Gasteiger partial charge in [-0.3, -0.25) is 0 Å². The number of halogens is 2. The van der Waals surface area contributed by atoms with Crippen LogP contribution in [0.1, 0.15) is 0 Å². The summed E-state index contributed by atoms with van der Waals surface area (Å²) in [7, 11) is 0. The first-order valence-corrected chi connectivity index (χ1v) is 2.53. The summed E-state index contributed by atoms with van der Waals surface area (Å²) in [4.78, 5) is 9.87. The van der Waals surface area contributed by atoms with Crippen molar-refractivity contribution in [3.63, 3.8) is 0 Å². The Morgan fingerprint density at radius 1 is 1.60 bits per heavy atom. The monoisotopic (exact) mass is 167 g/mol. The lowest BCUT2D eigenvalue weighted by Gasteiger charge is -2.17. The lowest BCUT2D eigenvalue weighted by molar-refractivity contribution is -0.134. The van der Waals surface area contributed by atoms with Crippen molar-refractivity contribution in [2.45, 2.75) is 0 Å². The highest BCUT2D eigenvalue weighted by Gasteiger charge is 2.18. The second kappa shape index (κ2) is 3.53. The summed E-state index contributed by atoms with van der Waals surface area (Å²) in [6.45, 7) is 0.746. The number of hydrogen-bond acceptors (Lipinski definition) is 2. The molecule has 0 aliphatic carbocycles. The van der Waals surface area contributed by atoms with Gasteiger partial charge in [-0.15, -0.1) is 12.4 Å². The van der Waals surface area contributed by atoms with E-state index < -0.39 is 11.8 Å². The lowest BCUT2D eigenvalue weighted by atomic mass is 10.1. The van der Waals surface area contributed by atoms with Gasteiger partial charge < -0.3 is 10.4 Å². The lowest BCUT2D eigenvalue weighted by Crippen LogP contribution is -2.35. The Morgan fingerprint density at radius 3 is 2.20 bits per heavy atom. The first-order chi connectivity index (χ1) is 4.22. The van der Waals surface area contributed by atoms with E-state index in [1.165, 1.54) is 0 Å². The second-order valence-electron chi connectivity index (χ2n) is 1.83. The third-order valence-corrected chi connectivity index (χ3v) is 1.17. The van der Waals surface area contributed by atoms with Gasteiger partial charge in [-0.05, 0) is 0 Å². The van der Waals surface area contributed by atoms with Gasteiger partial charge in [0, 0.05) is 18.7 Å². The fourth-order valence-electron chi connectivity index (χ4n) is 0.556. The molecule has 0 aromatic heterocycles. The van der Waals surface area contributed by atoms with Crippen molar-refractivity contribution in [2.24, 2.45) is 0 Å². The Hall–Kier alpha value is -0.610. The maximum Gasteiger partial charge on any atom is 0.364 e. The van der Waals surface area contributed by atoms with Crippen LogP contribution in [0.2, 0.25) is 0 Å². The van der Waals surface area contributed by atoms with Crippen LogP contribution in [0.4, 0.5) is 4.39 Å². The molecule has 1 heterocycles. The molecule has 1 aliphatic rings. The summed E-state index contributed by atoms with van der Waals surface area (Å²) in [6, 6.07) is 0. The summed E-state index contributed by atoms with van der Waals surface area (Å²) < 4.78 is 12.2. The highest BCUT2D eigenvalue weighted by atomic mass is 35.5. The van der Waals surface area contributed by atoms with E-state index >= 15 is 0 Å². The third kappa shape index (κ3) is 1.68. The fourth-order valence-corrected chi connectivity index (χ4v) is 0.556. The number of carboxylic acids is 1. The minimum absolute atomic E-state index is 0. The van der Waals surface area contributed by atoms with Crippen LogP contribution in [0.5, 0.6) is 0 Å². The van der Waals surface area contributed by atoms with Crippen molar-refractivity contribution in [2.75, 3.05) is 13.1 Å². The van der Waals surface area contributed by atoms with Gasteiger partial charge in [-0.1, -0.05) is 0 Å². The first-order valence-electron chi connectivity index (χ1n) is 2.53. The van der Waals surface area contributed by atoms with Gasteiger partial charge in [-0.25, -0.2) is 4.79 Å². The van der Waals surface area contributed by atoms with Gasteiger partial charge >= 0.3 is 5.97 Å². The van der Waals surface area contributed by atoms with E-state index in [4.69, 9.17) is 5.11 Å². The van der Waals surface area contributed by atoms with E-state index in [9.17, 15) is 9.18 Å². The Morgan fingerprint density at radius 2 is 2.10 bits per heavy atom. The molecular weight excluding hydrogens is 161 g/mol. The van der Waals surface area contributed by atoms with Crippen molar-refractivity contribution >= 4 is 18.4 Å². The standard InChI is InChI=1S/C5H6FNO2.ClH/c6-4(5(8)9)3-1-7-2-3;/h7H,1-2H2,(H,8,9);1H. The maximum atomic E-state index is 12.2. The number of hydrogen-bond donors (Lipinski definition) is 2. The van der Waals surface area contributed by atoms with Gasteiger partial charge in [-0.2, -0.15) is 4.39 Å². The van der Waals surface area contributed by atoms with Crippen molar-refractivity contribution < 1.29 is 14.3 Å². The summed E-state index contributed by atoms with van der Waals surface area (Å²) in [5.41, 5.74) is 0.350. The molecule has 0 aromatic carbocycles. The van der Waals surface area contributed by atoms with Gasteiger partial charge in [0.15, 0.2) is 0 Å². The molecule has 0 radical (unpaired) electrons. The van der Waals surface area contributed by atoms with Crippen LogP contribution >= 0.6 is 12.4 Å². The van der Waals surface area contributed by atoms with Crippen LogP contribution in [0.25, 0.3) is 0 Å². The first kappa shape index (κ1) is 9.39. The predicted molar refractivity (Wildman–Crippen MR) is 35.9 cm³/mol. The molecule has 0 spiro atoms. The van der Waals surface area contributed by atoms with E-state index in [2.05, 4.69) is 5.32 Å². The van der Waals surface area contributed by atoms with Crippen molar-refractivity contribution in [3.8, 4) is 0 Å². The summed E-state index contributed by atoms with van der Waals surface area (Å²) in [6.07, 6.45) is 0. The Bertz CT molecular complexity index is 174. The second-order valence-corrected chi connectivity index (χ2v) is 1.83. The van der Waals surface area contributed by atoms with E-state index in [0.29, 0.717) is 18.7 Å². The smallest absolute Gasteiger partial charge is 0.364 e. The number of carboxylic acid groups (broad SMARTS) is 1. The minimum Gasteiger partial charge on any atom is -0.476 e. The Labute approximate surface area is 63.3 Å². The molecule has 1 aliphatic heterocycles. The summed E-state index contributed by atoms with van der Waals surface area (Å²) in [5.74, 6) is -2.47. The van der Waals surface area contributed by atoms with Gasteiger partial charge in [0.1, 0.15) is 0 Å². The van der Waals surface area contributed by atoms with Crippen molar-refractivity contribution in [3.05, 3.63) is 11.4 Å². The molecule has 5 heteroatoms. The number of rotatable bonds is 1. The average molecular weight is 168 g/mol. The maximum absolute atomic E-state index is 12.2. The largest absolute Gasteiger partial charge is 0.476 e. The van der Waals surface area contributed by atoms with Crippen LogP contribution in [-0.4, -0.2) is 24.2 Å². The van der Waals surface area contributed by atoms with Crippen LogP contribution < -0.4 is 5.32 Å². The van der Waals surface area contributed by atoms with Crippen LogP contribution in [0, 0.1) is 0 Å². The molecule has 0 bridgehead atoms. The molecule has 0 saturated carbocycles. The highest BCUT2D eigenvalue weighted by molar-refractivity contribution is 5.85. The van der Waals surface area contributed by atoms with E-state index in [1.807, 2.05) is 0 Å². The number of carbonyl (C=O) groups is 1. The van der Waals surface area contributed by atoms with E-state index in [1.54, 1.807) is 0 Å². The van der Waals surface area contributed by atoms with Crippen LogP contribution in [0.3, 0.4) is 0 Å². The van der Waals surface area contributed by atoms with E-state index in [-0.39, 0.29) is 12.4 Å². The topological polar surface area (TPSA) is 49.3 Å². The summed E-state index contributed by atoms with van der Waals surface area (Å²) >= 11 is 0. The normalized spacial score (nSPS) is 15.1. The minimum atomic E-state index is -1.47. The van der Waals surface area contributed by atoms with Crippen molar-refractivity contribution in [1.82, 2.24) is 5.32 Å². The van der Waals surface area contributed by atoms with Crippen molar-refractivity contribution in [1.29, 1.82) is 0 Å². The number of aliphatic carboxylic acids is 1. The van der Waals surface area contributed by atoms with Crippen LogP contribution in [-0.2, 0) is 4.79 Å². The SMILES string of the molecule is Cl.O=C(O)C(F)=C1CNC1. The molecule has 10 heavy (non-hydrogen) atoms. The molecule has 3 nitrogen and oxygen atoms in total. The zero-order valence-electron chi connectivity index (χ0n) is 5.06.